The maximum absolute atomic E-state index is 2.34. The summed E-state index contributed by atoms with van der Waals surface area (Å²) in [6, 6.07) is 41.4. The van der Waals surface area contributed by atoms with Gasteiger partial charge in [0, 0.05) is 0 Å². The summed E-state index contributed by atoms with van der Waals surface area (Å²) in [6.45, 7) is 10.9. The number of rotatable bonds is 3. The van der Waals surface area contributed by atoms with Gasteiger partial charge in [-0.15, -0.1) is 68.6 Å². The first kappa shape index (κ1) is 33.6. The van der Waals surface area contributed by atoms with Gasteiger partial charge in [0.2, 0.25) is 0 Å². The maximum Gasteiger partial charge on any atom is -0.0279 e. The van der Waals surface area contributed by atoms with Crippen LogP contribution >= 0.6 is 0 Å². The van der Waals surface area contributed by atoms with Gasteiger partial charge < -0.3 is 24.8 Å². The van der Waals surface area contributed by atoms with Gasteiger partial charge in [-0.2, -0.15) is 12.1 Å². The predicted octanol–water partition coefficient (Wildman–Crippen LogP) is 4.55. The predicted molar refractivity (Wildman–Crippen MR) is 165 cm³/mol. The van der Waals surface area contributed by atoms with Crippen LogP contribution in [0.5, 0.6) is 0 Å². The number of hydrogen-bond donors (Lipinski definition) is 0. The summed E-state index contributed by atoms with van der Waals surface area (Å²) in [5, 5.41) is 5.46. The molecule has 0 saturated carbocycles. The van der Waals surface area contributed by atoms with Crippen LogP contribution in [0, 0.1) is 13.8 Å². The fraction of sp³-hybridized carbons (Fsp3) is 0.162. The minimum absolute atomic E-state index is 0. The number of benzene rings is 4. The molecule has 0 amide bonds. The molecule has 40 heavy (non-hydrogen) atoms. The third kappa shape index (κ3) is 8.01. The molecule has 0 spiro atoms. The standard InChI is InChI=1S/C18H17.C17H15.C2H4.2ClH.Zr/c1-13(2)16-11-15-9-6-10-17(18(15)12-16)14-7-4-3-5-8-14;1-12-10-16-13(2)8-9-15(17(16)11-12)14-6-4-3-5-7-14;1-2;;;/h3-13H,1-2H3;3-11H,1-2H3;1H,2H3;2*1H;/q2*-1;;;;+2/p-2. The van der Waals surface area contributed by atoms with Crippen molar-refractivity contribution in [1.29, 1.82) is 0 Å². The Hall–Kier alpha value is -2.57. The third-order valence-electron chi connectivity index (χ3n) is 6.86. The Bertz CT molecular complexity index is 1620. The molecular weight excluding hydrogens is 607 g/mol. The largest absolute Gasteiger partial charge is 1.00 e. The van der Waals surface area contributed by atoms with Crippen LogP contribution in [0.4, 0.5) is 0 Å². The van der Waals surface area contributed by atoms with Crippen LogP contribution in [-0.4, -0.2) is 3.71 Å². The molecule has 0 bridgehead atoms. The molecule has 0 radical (unpaired) electrons. The molecule has 0 aliphatic rings. The fourth-order valence-corrected chi connectivity index (χ4v) is 4.92. The molecule has 6 aromatic carbocycles. The molecule has 0 nitrogen and oxygen atoms in total. The van der Waals surface area contributed by atoms with Crippen LogP contribution in [0.3, 0.4) is 0 Å². The SMILES string of the molecule is CC(C)c1cc2c(-c3ccccc3)cccc2[cH-]1.C[CH]=[Zr+2].Cc1cc2c(-c3ccccc3)ccc(C)c2[cH-]1.[Cl-].[Cl-]. The Kier molecular flexibility index (Phi) is 13.5. The number of hydrogen-bond acceptors (Lipinski definition) is 0. The summed E-state index contributed by atoms with van der Waals surface area (Å²) < 4.78 is 2.09. The molecule has 0 aromatic heterocycles. The van der Waals surface area contributed by atoms with Crippen LogP contribution in [0.15, 0.2) is 115 Å². The van der Waals surface area contributed by atoms with Crippen molar-refractivity contribution >= 4 is 25.3 Å². The fourth-order valence-electron chi connectivity index (χ4n) is 4.92. The Morgan fingerprint density at radius 2 is 1.20 bits per heavy atom. The van der Waals surface area contributed by atoms with E-state index in [0.29, 0.717) is 5.92 Å². The van der Waals surface area contributed by atoms with E-state index in [1.54, 1.807) is 0 Å². The topological polar surface area (TPSA) is 0 Å². The van der Waals surface area contributed by atoms with Crippen molar-refractivity contribution in [1.82, 2.24) is 0 Å². The molecule has 0 unspecified atom stereocenters. The van der Waals surface area contributed by atoms with Gasteiger partial charge in [0.25, 0.3) is 0 Å². The minimum Gasteiger partial charge on any atom is -1.00 e. The third-order valence-corrected chi connectivity index (χ3v) is 6.86. The Labute approximate surface area is 267 Å². The zero-order chi connectivity index (χ0) is 27.1. The van der Waals surface area contributed by atoms with Gasteiger partial charge in [0.15, 0.2) is 0 Å². The molecule has 6 aromatic rings. The molecule has 0 atom stereocenters. The van der Waals surface area contributed by atoms with E-state index < -0.39 is 0 Å². The summed E-state index contributed by atoms with van der Waals surface area (Å²) in [6.07, 6.45) is 0. The normalized spacial score (nSPS) is 10.1. The van der Waals surface area contributed by atoms with Crippen molar-refractivity contribution < 1.29 is 49.0 Å². The molecular formula is C37H36Cl2Zr-2. The average Bonchev–Trinajstić information content (AvgIpc) is 3.55. The van der Waals surface area contributed by atoms with Gasteiger partial charge in [0.05, 0.1) is 0 Å². The molecule has 0 saturated heterocycles. The molecule has 0 aliphatic heterocycles. The number of aryl methyl sites for hydroxylation is 2. The van der Waals surface area contributed by atoms with E-state index in [2.05, 4.69) is 147 Å². The van der Waals surface area contributed by atoms with Crippen molar-refractivity contribution in [2.75, 3.05) is 0 Å². The van der Waals surface area contributed by atoms with Gasteiger partial charge in [-0.25, -0.2) is 0 Å². The summed E-state index contributed by atoms with van der Waals surface area (Å²) in [4.78, 5) is 0. The quantitative estimate of drug-likeness (QED) is 0.249. The van der Waals surface area contributed by atoms with Gasteiger partial charge in [0.1, 0.15) is 0 Å². The van der Waals surface area contributed by atoms with Gasteiger partial charge in [-0.3, -0.25) is 0 Å². The van der Waals surface area contributed by atoms with Crippen molar-refractivity contribution in [2.24, 2.45) is 0 Å². The number of halogens is 2. The van der Waals surface area contributed by atoms with Gasteiger partial charge >= 0.3 is 34.9 Å². The van der Waals surface area contributed by atoms with Gasteiger partial charge in [-0.1, -0.05) is 112 Å². The second kappa shape index (κ2) is 16.0. The Morgan fingerprint density at radius 1 is 0.650 bits per heavy atom. The zero-order valence-electron chi connectivity index (χ0n) is 23.9. The molecule has 204 valence electrons. The first-order valence-electron chi connectivity index (χ1n) is 13.3. The van der Waals surface area contributed by atoms with Crippen molar-refractivity contribution in [3.8, 4) is 22.3 Å². The van der Waals surface area contributed by atoms with Crippen LogP contribution in [0.1, 0.15) is 43.4 Å². The summed E-state index contributed by atoms with van der Waals surface area (Å²) in [7, 11) is 0. The van der Waals surface area contributed by atoms with Crippen molar-refractivity contribution in [3.63, 3.8) is 0 Å². The summed E-state index contributed by atoms with van der Waals surface area (Å²) >= 11 is 1.51. The Morgan fingerprint density at radius 3 is 1.75 bits per heavy atom. The number of fused-ring (bicyclic) bond motifs is 2. The first-order valence-corrected chi connectivity index (χ1v) is 14.8. The van der Waals surface area contributed by atoms with Crippen LogP contribution in [0.25, 0.3) is 43.8 Å². The smallest absolute Gasteiger partial charge is 0.0279 e. The molecule has 0 N–H and O–H groups in total. The molecule has 0 heterocycles. The molecule has 3 heteroatoms. The van der Waals surface area contributed by atoms with E-state index in [4.69, 9.17) is 0 Å². The molecule has 6 rings (SSSR count). The summed E-state index contributed by atoms with van der Waals surface area (Å²) in [5.41, 5.74) is 9.37. The second-order valence-electron chi connectivity index (χ2n) is 10.1. The molecule has 0 fully saturated rings. The van der Waals surface area contributed by atoms with Crippen molar-refractivity contribution in [2.45, 2.75) is 40.5 Å². The first-order chi connectivity index (χ1) is 18.4. The van der Waals surface area contributed by atoms with Gasteiger partial charge in [-0.05, 0) is 17.0 Å². The van der Waals surface area contributed by atoms with Crippen molar-refractivity contribution in [3.05, 3.63) is 132 Å². The summed E-state index contributed by atoms with van der Waals surface area (Å²) in [5.74, 6) is 0.584. The van der Waals surface area contributed by atoms with E-state index in [-0.39, 0.29) is 24.8 Å². The maximum atomic E-state index is 2.34. The minimum atomic E-state index is 0. The van der Waals surface area contributed by atoms with Crippen LogP contribution in [0.2, 0.25) is 0 Å². The second-order valence-corrected chi connectivity index (χ2v) is 11.5. The van der Waals surface area contributed by atoms with Crippen LogP contribution < -0.4 is 24.8 Å². The van der Waals surface area contributed by atoms with E-state index in [1.807, 2.05) is 6.92 Å². The van der Waals surface area contributed by atoms with E-state index in [9.17, 15) is 0 Å². The monoisotopic (exact) mass is 640 g/mol. The zero-order valence-corrected chi connectivity index (χ0v) is 27.9. The van der Waals surface area contributed by atoms with E-state index >= 15 is 0 Å². The van der Waals surface area contributed by atoms with E-state index in [0.717, 1.165) is 0 Å². The Balaban J connectivity index is 0.000000245. The van der Waals surface area contributed by atoms with Crippen LogP contribution in [-0.2, 0) is 24.2 Å². The average molecular weight is 643 g/mol. The molecule has 0 aliphatic carbocycles. The van der Waals surface area contributed by atoms with E-state index in [1.165, 1.54) is 84.7 Å².